The average molecular weight is 243 g/mol. The second kappa shape index (κ2) is 3.82. The predicted molar refractivity (Wildman–Crippen MR) is 57.1 cm³/mol. The van der Waals surface area contributed by atoms with E-state index in [1.54, 1.807) is 0 Å². The topological polar surface area (TPSA) is 17.8 Å². The van der Waals surface area contributed by atoms with Crippen molar-refractivity contribution in [2.45, 2.75) is 36.4 Å². The van der Waals surface area contributed by atoms with E-state index in [4.69, 9.17) is 0 Å². The van der Waals surface area contributed by atoms with Gasteiger partial charge in [-0.15, -0.1) is 0 Å². The first-order valence-electron chi connectivity index (χ1n) is 4.89. The molecule has 0 aliphatic heterocycles. The van der Waals surface area contributed by atoms with Crippen LogP contribution in [0.1, 0.15) is 37.3 Å². The minimum atomic E-state index is 0.709. The van der Waals surface area contributed by atoms with Crippen LogP contribution in [-0.4, -0.2) is 14.6 Å². The second-order valence-electron chi connectivity index (χ2n) is 3.84. The Morgan fingerprint density at radius 1 is 1.54 bits per heavy atom. The third-order valence-corrected chi connectivity index (χ3v) is 3.72. The molecule has 1 fully saturated rings. The summed E-state index contributed by atoms with van der Waals surface area (Å²) in [5.41, 5.74) is 1.39. The molecular weight excluding hydrogens is 228 g/mol. The molecule has 0 aromatic carbocycles. The van der Waals surface area contributed by atoms with Crippen LogP contribution in [0.15, 0.2) is 12.3 Å². The highest BCUT2D eigenvalue weighted by molar-refractivity contribution is 9.09. The van der Waals surface area contributed by atoms with Gasteiger partial charge < -0.3 is 0 Å². The van der Waals surface area contributed by atoms with Gasteiger partial charge in [-0.2, -0.15) is 5.10 Å². The molecule has 0 N–H and O–H groups in total. The third-order valence-electron chi connectivity index (χ3n) is 2.89. The molecule has 0 saturated heterocycles. The van der Waals surface area contributed by atoms with E-state index in [1.807, 2.05) is 17.9 Å². The summed E-state index contributed by atoms with van der Waals surface area (Å²) in [4.78, 5) is 0.709. The Labute approximate surface area is 87.5 Å². The summed E-state index contributed by atoms with van der Waals surface area (Å²) < 4.78 is 2.01. The number of nitrogens with zero attached hydrogens (tertiary/aromatic N) is 2. The van der Waals surface area contributed by atoms with Crippen LogP contribution in [0.5, 0.6) is 0 Å². The number of aryl methyl sites for hydroxylation is 1. The lowest BCUT2D eigenvalue weighted by Gasteiger charge is -2.25. The number of hydrogen-bond acceptors (Lipinski definition) is 1. The van der Waals surface area contributed by atoms with Crippen molar-refractivity contribution in [1.82, 2.24) is 9.78 Å². The van der Waals surface area contributed by atoms with Crippen LogP contribution in [0.25, 0.3) is 0 Å². The zero-order valence-electron chi connectivity index (χ0n) is 7.91. The van der Waals surface area contributed by atoms with Crippen LogP contribution in [0.4, 0.5) is 0 Å². The van der Waals surface area contributed by atoms with Gasteiger partial charge >= 0.3 is 0 Å². The van der Waals surface area contributed by atoms with Crippen molar-refractivity contribution in [2.75, 3.05) is 0 Å². The van der Waals surface area contributed by atoms with Gasteiger partial charge in [-0.3, -0.25) is 4.68 Å². The maximum Gasteiger partial charge on any atom is 0.0492 e. The maximum absolute atomic E-state index is 4.22. The van der Waals surface area contributed by atoms with E-state index in [0.29, 0.717) is 10.7 Å². The van der Waals surface area contributed by atoms with Crippen molar-refractivity contribution < 1.29 is 0 Å². The highest BCUT2D eigenvalue weighted by Crippen LogP contribution is 2.35. The number of rotatable bonds is 1. The zero-order valence-corrected chi connectivity index (χ0v) is 9.50. The number of halogens is 1. The predicted octanol–water partition coefficient (Wildman–Crippen LogP) is 2.84. The lowest BCUT2D eigenvalue weighted by molar-refractivity contribution is 0.437. The summed E-state index contributed by atoms with van der Waals surface area (Å²) in [7, 11) is 2.03. The molecule has 0 amide bonds. The molecule has 1 saturated carbocycles. The number of alkyl halides is 1. The van der Waals surface area contributed by atoms with Gasteiger partial charge in [0.2, 0.25) is 0 Å². The Bertz CT molecular complexity index is 282. The molecule has 0 bridgehead atoms. The van der Waals surface area contributed by atoms with E-state index < -0.39 is 0 Å². The van der Waals surface area contributed by atoms with Gasteiger partial charge in [-0.1, -0.05) is 22.4 Å². The fourth-order valence-electron chi connectivity index (χ4n) is 2.18. The fraction of sp³-hybridized carbons (Fsp3) is 0.700. The van der Waals surface area contributed by atoms with Gasteiger partial charge in [0.05, 0.1) is 0 Å². The van der Waals surface area contributed by atoms with Gasteiger partial charge in [0.25, 0.3) is 0 Å². The van der Waals surface area contributed by atoms with Crippen LogP contribution >= 0.6 is 15.9 Å². The van der Waals surface area contributed by atoms with Crippen molar-refractivity contribution in [3.8, 4) is 0 Å². The monoisotopic (exact) mass is 242 g/mol. The highest BCUT2D eigenvalue weighted by Gasteiger charge is 2.22. The van der Waals surface area contributed by atoms with Crippen molar-refractivity contribution in [1.29, 1.82) is 0 Å². The van der Waals surface area contributed by atoms with Crippen LogP contribution in [0.2, 0.25) is 0 Å². The van der Waals surface area contributed by atoms with E-state index in [-0.39, 0.29) is 0 Å². The molecule has 1 aliphatic carbocycles. The summed E-state index contributed by atoms with van der Waals surface area (Å²) in [6.45, 7) is 0. The first kappa shape index (κ1) is 9.25. The molecule has 2 rings (SSSR count). The van der Waals surface area contributed by atoms with Gasteiger partial charge in [0.15, 0.2) is 0 Å². The summed E-state index contributed by atoms with van der Waals surface area (Å²) in [5.74, 6) is 0.714. The molecule has 72 valence electrons. The van der Waals surface area contributed by atoms with Crippen molar-refractivity contribution in [3.63, 3.8) is 0 Å². The molecule has 1 heterocycles. The molecule has 3 heteroatoms. The van der Waals surface area contributed by atoms with Crippen molar-refractivity contribution >= 4 is 15.9 Å². The summed E-state index contributed by atoms with van der Waals surface area (Å²) in [5, 5.41) is 4.22. The third kappa shape index (κ3) is 1.96. The second-order valence-corrected chi connectivity index (χ2v) is 5.14. The summed E-state index contributed by atoms with van der Waals surface area (Å²) >= 11 is 3.71. The van der Waals surface area contributed by atoms with Crippen LogP contribution in [0.3, 0.4) is 0 Å². The molecule has 13 heavy (non-hydrogen) atoms. The minimum absolute atomic E-state index is 0.709. The lowest BCUT2D eigenvalue weighted by atomic mass is 9.87. The molecule has 0 spiro atoms. The Hall–Kier alpha value is -0.310. The van der Waals surface area contributed by atoms with E-state index in [1.165, 1.54) is 31.4 Å². The van der Waals surface area contributed by atoms with Gasteiger partial charge in [0, 0.05) is 29.7 Å². The smallest absolute Gasteiger partial charge is 0.0492 e. The fourth-order valence-corrected chi connectivity index (χ4v) is 2.96. The number of aromatic nitrogens is 2. The van der Waals surface area contributed by atoms with Crippen LogP contribution in [-0.2, 0) is 7.05 Å². The van der Waals surface area contributed by atoms with E-state index in [0.717, 1.165) is 0 Å². The molecule has 1 aromatic rings. The zero-order chi connectivity index (χ0) is 9.26. The lowest BCUT2D eigenvalue weighted by Crippen LogP contribution is -2.16. The van der Waals surface area contributed by atoms with Gasteiger partial charge in [-0.25, -0.2) is 0 Å². The van der Waals surface area contributed by atoms with Gasteiger partial charge in [-0.05, 0) is 25.3 Å². The van der Waals surface area contributed by atoms with Gasteiger partial charge in [0.1, 0.15) is 0 Å². The van der Waals surface area contributed by atoms with E-state index in [9.17, 15) is 0 Å². The first-order valence-corrected chi connectivity index (χ1v) is 5.81. The quantitative estimate of drug-likeness (QED) is 0.693. The van der Waals surface area contributed by atoms with E-state index in [2.05, 4.69) is 27.1 Å². The average Bonchev–Trinajstić information content (AvgIpc) is 2.51. The molecule has 2 nitrogen and oxygen atoms in total. The SMILES string of the molecule is Cn1nccc1C1CCCC(Br)C1. The van der Waals surface area contributed by atoms with Crippen molar-refractivity contribution in [2.24, 2.45) is 7.05 Å². The van der Waals surface area contributed by atoms with Crippen LogP contribution < -0.4 is 0 Å². The largest absolute Gasteiger partial charge is 0.272 e. The highest BCUT2D eigenvalue weighted by atomic mass is 79.9. The molecule has 0 radical (unpaired) electrons. The minimum Gasteiger partial charge on any atom is -0.272 e. The maximum atomic E-state index is 4.22. The first-order chi connectivity index (χ1) is 6.27. The number of hydrogen-bond donors (Lipinski definition) is 0. The normalized spacial score (nSPS) is 29.1. The Balaban J connectivity index is 2.12. The molecule has 2 unspecified atom stereocenters. The summed E-state index contributed by atoms with van der Waals surface area (Å²) in [6, 6.07) is 2.15. The Kier molecular flexibility index (Phi) is 2.72. The standard InChI is InChI=1S/C10H15BrN2/c1-13-10(5-6-12-13)8-3-2-4-9(11)7-8/h5-6,8-9H,2-4,7H2,1H3. The Morgan fingerprint density at radius 2 is 2.38 bits per heavy atom. The van der Waals surface area contributed by atoms with Crippen LogP contribution in [0, 0.1) is 0 Å². The van der Waals surface area contributed by atoms with Crippen molar-refractivity contribution in [3.05, 3.63) is 18.0 Å². The van der Waals surface area contributed by atoms with E-state index >= 15 is 0 Å². The molecule has 1 aromatic heterocycles. The molecular formula is C10H15BrN2. The molecule has 2 atom stereocenters. The summed E-state index contributed by atoms with van der Waals surface area (Å²) in [6.07, 6.45) is 7.15. The Morgan fingerprint density at radius 3 is 3.00 bits per heavy atom. The molecule has 1 aliphatic rings.